The van der Waals surface area contributed by atoms with Crippen molar-refractivity contribution in [3.8, 4) is 5.75 Å². The number of rotatable bonds is 6. The fourth-order valence-electron chi connectivity index (χ4n) is 3.42. The van der Waals surface area contributed by atoms with Gasteiger partial charge in [-0.15, -0.1) is 0 Å². The lowest BCUT2D eigenvalue weighted by Crippen LogP contribution is -2.35. The molecular weight excluding hydrogens is 422 g/mol. The second-order valence-corrected chi connectivity index (χ2v) is 9.99. The monoisotopic (exact) mass is 445 g/mol. The molecule has 0 saturated carbocycles. The molecule has 1 amide bonds. The van der Waals surface area contributed by atoms with Gasteiger partial charge in [-0.25, -0.2) is 13.4 Å². The molecule has 0 atom stereocenters. The van der Waals surface area contributed by atoms with E-state index in [1.807, 2.05) is 25.1 Å². The number of carbonyl (C=O) groups is 1. The van der Waals surface area contributed by atoms with E-state index < -0.39 is 10.0 Å². The molecule has 4 rings (SSSR count). The van der Waals surface area contributed by atoms with Gasteiger partial charge >= 0.3 is 0 Å². The second-order valence-electron chi connectivity index (χ2n) is 7.02. The van der Waals surface area contributed by atoms with Crippen LogP contribution in [0.4, 0.5) is 5.13 Å². The van der Waals surface area contributed by atoms with Gasteiger partial charge in [0.2, 0.25) is 10.0 Å². The highest BCUT2D eigenvalue weighted by Gasteiger charge is 2.26. The number of fused-ring (bicyclic) bond motifs is 1. The zero-order chi connectivity index (χ0) is 21.1. The number of ether oxygens (including phenoxy) is 1. The normalized spacial score (nSPS) is 15.2. The van der Waals surface area contributed by atoms with Gasteiger partial charge in [-0.2, -0.15) is 4.31 Å². The van der Waals surface area contributed by atoms with Crippen LogP contribution in [-0.4, -0.2) is 43.3 Å². The smallest absolute Gasteiger partial charge is 0.257 e. The van der Waals surface area contributed by atoms with Gasteiger partial charge < -0.3 is 4.74 Å². The van der Waals surface area contributed by atoms with Crippen molar-refractivity contribution < 1.29 is 17.9 Å². The minimum atomic E-state index is -3.51. The molecule has 1 aromatic heterocycles. The Bertz CT molecular complexity index is 1150. The molecule has 1 saturated heterocycles. The van der Waals surface area contributed by atoms with E-state index in [2.05, 4.69) is 10.3 Å². The highest BCUT2D eigenvalue weighted by molar-refractivity contribution is 7.89. The highest BCUT2D eigenvalue weighted by atomic mass is 32.2. The molecule has 7 nitrogen and oxygen atoms in total. The van der Waals surface area contributed by atoms with Crippen LogP contribution in [0.15, 0.2) is 47.4 Å². The molecule has 0 radical (unpaired) electrons. The first-order valence-corrected chi connectivity index (χ1v) is 12.2. The number of hydrogen-bond donors (Lipinski definition) is 1. The molecule has 158 valence electrons. The van der Waals surface area contributed by atoms with E-state index in [0.717, 1.165) is 35.2 Å². The van der Waals surface area contributed by atoms with Crippen LogP contribution >= 0.6 is 11.3 Å². The summed E-state index contributed by atoms with van der Waals surface area (Å²) in [5.74, 6) is 0.429. The summed E-state index contributed by atoms with van der Waals surface area (Å²) < 4.78 is 33.4. The van der Waals surface area contributed by atoms with E-state index in [-0.39, 0.29) is 10.8 Å². The summed E-state index contributed by atoms with van der Waals surface area (Å²) in [6.07, 6.45) is 2.83. The van der Waals surface area contributed by atoms with Crippen molar-refractivity contribution in [3.63, 3.8) is 0 Å². The molecule has 0 bridgehead atoms. The number of thiazole rings is 1. The fourth-order valence-corrected chi connectivity index (χ4v) is 5.82. The van der Waals surface area contributed by atoms with Crippen molar-refractivity contribution in [2.24, 2.45) is 0 Å². The summed E-state index contributed by atoms with van der Waals surface area (Å²) in [6, 6.07) is 11.6. The molecule has 0 spiro atoms. The van der Waals surface area contributed by atoms with Crippen LogP contribution in [0.3, 0.4) is 0 Å². The molecular formula is C21H23N3O4S2. The van der Waals surface area contributed by atoms with E-state index in [9.17, 15) is 13.2 Å². The minimum Gasteiger partial charge on any atom is -0.494 e. The third-order valence-electron chi connectivity index (χ3n) is 4.96. The number of benzene rings is 2. The molecule has 2 heterocycles. The number of sulfonamides is 1. The number of aromatic nitrogens is 1. The number of nitrogens with zero attached hydrogens (tertiary/aromatic N) is 2. The van der Waals surface area contributed by atoms with Crippen molar-refractivity contribution in [1.82, 2.24) is 9.29 Å². The van der Waals surface area contributed by atoms with Crippen LogP contribution in [0, 0.1) is 0 Å². The molecule has 2 aromatic carbocycles. The lowest BCUT2D eigenvalue weighted by molar-refractivity contribution is 0.102. The third kappa shape index (κ3) is 4.33. The summed E-state index contributed by atoms with van der Waals surface area (Å²) in [5, 5.41) is 3.27. The van der Waals surface area contributed by atoms with Gasteiger partial charge in [0.25, 0.3) is 5.91 Å². The summed E-state index contributed by atoms with van der Waals surface area (Å²) in [7, 11) is -3.51. The van der Waals surface area contributed by atoms with E-state index in [1.165, 1.54) is 39.9 Å². The van der Waals surface area contributed by atoms with Crippen LogP contribution < -0.4 is 10.1 Å². The molecule has 3 aromatic rings. The van der Waals surface area contributed by atoms with Gasteiger partial charge in [0, 0.05) is 18.7 Å². The molecule has 0 aliphatic carbocycles. The van der Waals surface area contributed by atoms with Crippen molar-refractivity contribution in [1.29, 1.82) is 0 Å². The Kier molecular flexibility index (Phi) is 6.03. The Labute approximate surface area is 179 Å². The Morgan fingerprint density at radius 2 is 1.87 bits per heavy atom. The third-order valence-corrected chi connectivity index (χ3v) is 7.81. The Morgan fingerprint density at radius 3 is 2.57 bits per heavy atom. The van der Waals surface area contributed by atoms with Gasteiger partial charge in [-0.3, -0.25) is 10.1 Å². The molecule has 0 unspecified atom stereocenters. The first-order valence-electron chi connectivity index (χ1n) is 9.92. The van der Waals surface area contributed by atoms with Gasteiger partial charge in [0.1, 0.15) is 5.75 Å². The topological polar surface area (TPSA) is 88.6 Å². The first-order chi connectivity index (χ1) is 14.5. The average molecular weight is 446 g/mol. The molecule has 30 heavy (non-hydrogen) atoms. The molecule has 1 aliphatic heterocycles. The zero-order valence-corrected chi connectivity index (χ0v) is 18.3. The van der Waals surface area contributed by atoms with Crippen LogP contribution in [0.1, 0.15) is 36.5 Å². The molecule has 1 N–H and O–H groups in total. The Balaban J connectivity index is 1.48. The minimum absolute atomic E-state index is 0.212. The maximum absolute atomic E-state index is 12.7. The van der Waals surface area contributed by atoms with Crippen LogP contribution in [-0.2, 0) is 10.0 Å². The maximum atomic E-state index is 12.7. The lowest BCUT2D eigenvalue weighted by Gasteiger charge is -2.25. The number of amides is 1. The van der Waals surface area contributed by atoms with Gasteiger partial charge in [0.05, 0.1) is 21.7 Å². The SMILES string of the molecule is CCOc1ccc2nc(NC(=O)c3ccc(S(=O)(=O)N4CCCCC4)cc3)sc2c1. The molecule has 9 heteroatoms. The van der Waals surface area contributed by atoms with Crippen molar-refractivity contribution >= 4 is 42.6 Å². The zero-order valence-electron chi connectivity index (χ0n) is 16.6. The van der Waals surface area contributed by atoms with Gasteiger partial charge in [-0.1, -0.05) is 17.8 Å². The second kappa shape index (κ2) is 8.71. The van der Waals surface area contributed by atoms with E-state index >= 15 is 0 Å². The Hall–Kier alpha value is -2.49. The largest absolute Gasteiger partial charge is 0.494 e. The predicted octanol–water partition coefficient (Wildman–Crippen LogP) is 4.12. The summed E-state index contributed by atoms with van der Waals surface area (Å²) in [5.41, 5.74) is 1.16. The maximum Gasteiger partial charge on any atom is 0.257 e. The highest BCUT2D eigenvalue weighted by Crippen LogP contribution is 2.29. The Morgan fingerprint density at radius 1 is 1.13 bits per heavy atom. The molecule has 1 aliphatic rings. The number of nitrogens with one attached hydrogen (secondary N) is 1. The van der Waals surface area contributed by atoms with E-state index in [4.69, 9.17) is 4.74 Å². The predicted molar refractivity (Wildman–Crippen MR) is 118 cm³/mol. The number of carbonyl (C=O) groups excluding carboxylic acids is 1. The summed E-state index contributed by atoms with van der Waals surface area (Å²) in [4.78, 5) is 17.2. The summed E-state index contributed by atoms with van der Waals surface area (Å²) >= 11 is 1.36. The number of piperidine rings is 1. The number of anilines is 1. The standard InChI is InChI=1S/C21H23N3O4S2/c1-2-28-16-8-11-18-19(14-16)29-21(22-18)23-20(25)15-6-9-17(10-7-15)30(26,27)24-12-4-3-5-13-24/h6-11,14H,2-5,12-13H2,1H3,(H,22,23,25). The van der Waals surface area contributed by atoms with Crippen LogP contribution in [0.25, 0.3) is 10.2 Å². The van der Waals surface area contributed by atoms with Crippen LogP contribution in [0.2, 0.25) is 0 Å². The molecule has 1 fully saturated rings. The first kappa shape index (κ1) is 20.8. The van der Waals surface area contributed by atoms with Crippen molar-refractivity contribution in [2.75, 3.05) is 25.0 Å². The van der Waals surface area contributed by atoms with Gasteiger partial charge in [-0.05, 0) is 62.2 Å². The van der Waals surface area contributed by atoms with Crippen LogP contribution in [0.5, 0.6) is 5.75 Å². The van der Waals surface area contributed by atoms with E-state index in [1.54, 1.807) is 0 Å². The fraction of sp³-hybridized carbons (Fsp3) is 0.333. The van der Waals surface area contributed by atoms with Crippen molar-refractivity contribution in [3.05, 3.63) is 48.0 Å². The van der Waals surface area contributed by atoms with E-state index in [0.29, 0.717) is 30.4 Å². The average Bonchev–Trinajstić information content (AvgIpc) is 3.16. The van der Waals surface area contributed by atoms with Gasteiger partial charge in [0.15, 0.2) is 5.13 Å². The number of hydrogen-bond acceptors (Lipinski definition) is 6. The quantitative estimate of drug-likeness (QED) is 0.617. The van der Waals surface area contributed by atoms with Crippen molar-refractivity contribution in [2.45, 2.75) is 31.1 Å². The summed E-state index contributed by atoms with van der Waals surface area (Å²) in [6.45, 7) is 3.60. The lowest BCUT2D eigenvalue weighted by atomic mass is 10.2.